The van der Waals surface area contributed by atoms with Gasteiger partial charge in [0.05, 0.1) is 26.0 Å². The molecule has 2 aromatic rings. The molecule has 0 fully saturated rings. The van der Waals surface area contributed by atoms with Gasteiger partial charge in [-0.05, 0) is 24.6 Å². The number of aromatic nitrogens is 1. The summed E-state index contributed by atoms with van der Waals surface area (Å²) in [7, 11) is 3.36. The average molecular weight is 272 g/mol. The predicted octanol–water partition coefficient (Wildman–Crippen LogP) is 3.16. The first-order valence-electron chi connectivity index (χ1n) is 6.54. The fourth-order valence-corrected chi connectivity index (χ4v) is 2.04. The first-order valence-corrected chi connectivity index (χ1v) is 6.54. The molecule has 0 atom stereocenters. The topological polar surface area (TPSA) is 43.4 Å². The maximum Gasteiger partial charge on any atom is 0.122 e. The zero-order valence-electron chi connectivity index (χ0n) is 12.1. The van der Waals surface area contributed by atoms with Gasteiger partial charge >= 0.3 is 0 Å². The molecule has 0 amide bonds. The summed E-state index contributed by atoms with van der Waals surface area (Å²) in [5, 5.41) is 3.36. The average Bonchev–Trinajstić information content (AvgIpc) is 2.45. The molecule has 0 bridgehead atoms. The lowest BCUT2D eigenvalue weighted by atomic mass is 10.2. The van der Waals surface area contributed by atoms with Crippen LogP contribution in [0.15, 0.2) is 36.4 Å². The van der Waals surface area contributed by atoms with E-state index in [2.05, 4.69) is 16.4 Å². The molecule has 4 heteroatoms. The highest BCUT2D eigenvalue weighted by Crippen LogP contribution is 2.16. The second kappa shape index (κ2) is 6.91. The summed E-state index contributed by atoms with van der Waals surface area (Å²) < 4.78 is 10.4. The molecule has 106 valence electrons. The number of hydrogen-bond acceptors (Lipinski definition) is 4. The van der Waals surface area contributed by atoms with Crippen LogP contribution in [0.25, 0.3) is 0 Å². The zero-order valence-corrected chi connectivity index (χ0v) is 12.1. The Hall–Kier alpha value is -2.07. The Morgan fingerprint density at radius 2 is 2.00 bits per heavy atom. The van der Waals surface area contributed by atoms with Crippen LogP contribution in [-0.4, -0.2) is 19.2 Å². The highest BCUT2D eigenvalue weighted by atomic mass is 16.5. The number of ether oxygens (including phenoxy) is 2. The molecule has 0 aliphatic rings. The van der Waals surface area contributed by atoms with Crippen molar-refractivity contribution in [3.8, 4) is 5.75 Å². The Labute approximate surface area is 119 Å². The fraction of sp³-hybridized carbons (Fsp3) is 0.312. The van der Waals surface area contributed by atoms with E-state index >= 15 is 0 Å². The molecule has 0 aliphatic heterocycles. The normalized spacial score (nSPS) is 10.3. The summed E-state index contributed by atoms with van der Waals surface area (Å²) in [5.41, 5.74) is 4.11. The van der Waals surface area contributed by atoms with E-state index in [0.717, 1.165) is 28.4 Å². The molecule has 0 saturated heterocycles. The lowest BCUT2D eigenvalue weighted by Gasteiger charge is -2.09. The van der Waals surface area contributed by atoms with Crippen LogP contribution in [0.4, 0.5) is 5.69 Å². The van der Waals surface area contributed by atoms with Crippen LogP contribution in [0.3, 0.4) is 0 Å². The molecule has 20 heavy (non-hydrogen) atoms. The number of anilines is 1. The third-order valence-corrected chi connectivity index (χ3v) is 2.93. The third kappa shape index (κ3) is 3.96. The van der Waals surface area contributed by atoms with Crippen LogP contribution < -0.4 is 10.1 Å². The molecule has 1 heterocycles. The van der Waals surface area contributed by atoms with Crippen molar-refractivity contribution in [3.63, 3.8) is 0 Å². The molecule has 0 saturated carbocycles. The smallest absolute Gasteiger partial charge is 0.122 e. The molecule has 0 aliphatic carbocycles. The van der Waals surface area contributed by atoms with Crippen molar-refractivity contribution in [3.05, 3.63) is 53.3 Å². The summed E-state index contributed by atoms with van der Waals surface area (Å²) in [6.45, 7) is 3.24. The Balaban J connectivity index is 2.04. The van der Waals surface area contributed by atoms with Gasteiger partial charge in [0.25, 0.3) is 0 Å². The number of hydrogen-bond donors (Lipinski definition) is 1. The highest BCUT2D eigenvalue weighted by Gasteiger charge is 2.01. The van der Waals surface area contributed by atoms with Crippen LogP contribution in [0, 0.1) is 6.92 Å². The standard InChI is InChI=1S/C16H20N2O2/c1-12-7-16(20-3)9-15(18-12)10-17-14-6-4-5-13(8-14)11-19-2/h4-9,17H,10-11H2,1-3H3. The number of pyridine rings is 1. The van der Waals surface area contributed by atoms with Gasteiger partial charge in [-0.1, -0.05) is 12.1 Å². The summed E-state index contributed by atoms with van der Waals surface area (Å²) in [4.78, 5) is 4.49. The van der Waals surface area contributed by atoms with Gasteiger partial charge in [0.15, 0.2) is 0 Å². The van der Waals surface area contributed by atoms with Crippen molar-refractivity contribution in [2.75, 3.05) is 19.5 Å². The molecular weight excluding hydrogens is 252 g/mol. The summed E-state index contributed by atoms with van der Waals surface area (Å²) in [6.07, 6.45) is 0. The number of nitrogens with one attached hydrogen (secondary N) is 1. The second-order valence-corrected chi connectivity index (χ2v) is 4.63. The van der Waals surface area contributed by atoms with E-state index in [1.165, 1.54) is 0 Å². The van der Waals surface area contributed by atoms with Crippen molar-refractivity contribution in [2.45, 2.75) is 20.1 Å². The molecule has 1 aromatic heterocycles. The molecule has 0 unspecified atom stereocenters. The van der Waals surface area contributed by atoms with Gasteiger partial charge in [-0.2, -0.15) is 0 Å². The minimum absolute atomic E-state index is 0.617. The minimum Gasteiger partial charge on any atom is -0.497 e. The predicted molar refractivity (Wildman–Crippen MR) is 80.0 cm³/mol. The molecule has 0 spiro atoms. The molecule has 0 radical (unpaired) electrons. The van der Waals surface area contributed by atoms with Crippen molar-refractivity contribution >= 4 is 5.69 Å². The van der Waals surface area contributed by atoms with Crippen LogP contribution in [0.2, 0.25) is 0 Å². The first kappa shape index (κ1) is 14.3. The number of nitrogens with zero attached hydrogens (tertiary/aromatic N) is 1. The number of methoxy groups -OCH3 is 2. The van der Waals surface area contributed by atoms with E-state index in [9.17, 15) is 0 Å². The van der Waals surface area contributed by atoms with Gasteiger partial charge in [-0.25, -0.2) is 0 Å². The van der Waals surface area contributed by atoms with Crippen LogP contribution in [-0.2, 0) is 17.9 Å². The van der Waals surface area contributed by atoms with Crippen LogP contribution >= 0.6 is 0 Å². The maximum atomic E-state index is 5.25. The van der Waals surface area contributed by atoms with Gasteiger partial charge in [-0.15, -0.1) is 0 Å². The molecular formula is C16H20N2O2. The SMILES string of the molecule is COCc1cccc(NCc2cc(OC)cc(C)n2)c1. The molecule has 1 aromatic carbocycles. The van der Waals surface area contributed by atoms with E-state index in [4.69, 9.17) is 9.47 Å². The van der Waals surface area contributed by atoms with Gasteiger partial charge in [0.2, 0.25) is 0 Å². The quantitative estimate of drug-likeness (QED) is 0.877. The lowest BCUT2D eigenvalue weighted by Crippen LogP contribution is -2.03. The van der Waals surface area contributed by atoms with Crippen molar-refractivity contribution in [2.24, 2.45) is 0 Å². The van der Waals surface area contributed by atoms with Gasteiger partial charge in [-0.3, -0.25) is 4.98 Å². The van der Waals surface area contributed by atoms with Crippen molar-refractivity contribution in [1.29, 1.82) is 0 Å². The molecule has 1 N–H and O–H groups in total. The van der Waals surface area contributed by atoms with E-state index < -0.39 is 0 Å². The fourth-order valence-electron chi connectivity index (χ4n) is 2.04. The van der Waals surface area contributed by atoms with Crippen molar-refractivity contribution in [1.82, 2.24) is 4.98 Å². The maximum absolute atomic E-state index is 5.25. The molecule has 2 rings (SSSR count). The monoisotopic (exact) mass is 272 g/mol. The zero-order chi connectivity index (χ0) is 14.4. The van der Waals surface area contributed by atoms with Crippen LogP contribution in [0.1, 0.15) is 17.0 Å². The third-order valence-electron chi connectivity index (χ3n) is 2.93. The van der Waals surface area contributed by atoms with Crippen LogP contribution in [0.5, 0.6) is 5.75 Å². The Morgan fingerprint density at radius 1 is 1.15 bits per heavy atom. The number of benzene rings is 1. The summed E-state index contributed by atoms with van der Waals surface area (Å²) in [6, 6.07) is 12.0. The van der Waals surface area contributed by atoms with Gasteiger partial charge in [0, 0.05) is 30.6 Å². The number of aryl methyl sites for hydroxylation is 1. The number of rotatable bonds is 6. The van der Waals surface area contributed by atoms with E-state index in [1.807, 2.05) is 37.3 Å². The van der Waals surface area contributed by atoms with E-state index in [-0.39, 0.29) is 0 Å². The first-order chi connectivity index (χ1) is 9.71. The largest absolute Gasteiger partial charge is 0.497 e. The Bertz CT molecular complexity index is 570. The second-order valence-electron chi connectivity index (χ2n) is 4.63. The molecule has 4 nitrogen and oxygen atoms in total. The van der Waals surface area contributed by atoms with E-state index in [0.29, 0.717) is 13.2 Å². The van der Waals surface area contributed by atoms with Gasteiger partial charge < -0.3 is 14.8 Å². The van der Waals surface area contributed by atoms with Crippen molar-refractivity contribution < 1.29 is 9.47 Å². The van der Waals surface area contributed by atoms with E-state index in [1.54, 1.807) is 14.2 Å². The minimum atomic E-state index is 0.617. The Kier molecular flexibility index (Phi) is 4.96. The highest BCUT2D eigenvalue weighted by molar-refractivity contribution is 5.46. The summed E-state index contributed by atoms with van der Waals surface area (Å²) >= 11 is 0. The Morgan fingerprint density at radius 3 is 2.75 bits per heavy atom. The summed E-state index contributed by atoms with van der Waals surface area (Å²) in [5.74, 6) is 0.836. The van der Waals surface area contributed by atoms with Gasteiger partial charge in [0.1, 0.15) is 5.75 Å². The lowest BCUT2D eigenvalue weighted by molar-refractivity contribution is 0.185.